The number of carboxylic acid groups (broad SMARTS) is 1. The van der Waals surface area contributed by atoms with E-state index in [0.717, 1.165) is 0 Å². The summed E-state index contributed by atoms with van der Waals surface area (Å²) in [4.78, 5) is 22.8. The van der Waals surface area contributed by atoms with Gasteiger partial charge in [-0.15, -0.1) is 0 Å². The van der Waals surface area contributed by atoms with Crippen molar-refractivity contribution < 1.29 is 19.4 Å². The number of methoxy groups -OCH3 is 1. The first-order chi connectivity index (χ1) is 9.92. The second-order valence-corrected chi connectivity index (χ2v) is 5.16. The maximum Gasteiger partial charge on any atom is 0.326 e. The van der Waals surface area contributed by atoms with Crippen LogP contribution in [-0.4, -0.2) is 36.9 Å². The minimum absolute atomic E-state index is 0.271. The number of carboxylic acids is 1. The number of anilines is 1. The molecule has 1 aromatic carbocycles. The van der Waals surface area contributed by atoms with Gasteiger partial charge in [-0.25, -0.2) is 9.59 Å². The molecule has 0 saturated carbocycles. The molecule has 6 nitrogen and oxygen atoms in total. The van der Waals surface area contributed by atoms with E-state index >= 15 is 0 Å². The van der Waals surface area contributed by atoms with Crippen LogP contribution in [0.2, 0.25) is 10.0 Å². The fraction of sp³-hybridized carbons (Fsp3) is 0.385. The number of rotatable bonds is 7. The van der Waals surface area contributed by atoms with Crippen molar-refractivity contribution in [3.05, 3.63) is 28.2 Å². The van der Waals surface area contributed by atoms with Crippen molar-refractivity contribution in [2.24, 2.45) is 0 Å². The summed E-state index contributed by atoms with van der Waals surface area (Å²) in [6.45, 7) is 0.428. The zero-order valence-corrected chi connectivity index (χ0v) is 12.9. The molecule has 0 aliphatic rings. The fourth-order valence-electron chi connectivity index (χ4n) is 1.64. The van der Waals surface area contributed by atoms with Crippen LogP contribution < -0.4 is 10.6 Å². The number of carbonyl (C=O) groups excluding carboxylic acids is 1. The Morgan fingerprint density at radius 3 is 2.43 bits per heavy atom. The topological polar surface area (TPSA) is 87.7 Å². The van der Waals surface area contributed by atoms with Crippen molar-refractivity contribution in [1.82, 2.24) is 5.32 Å². The average Bonchev–Trinajstić information content (AvgIpc) is 2.36. The lowest BCUT2D eigenvalue weighted by Gasteiger charge is -2.15. The number of aliphatic carboxylic acids is 1. The second-order valence-electron chi connectivity index (χ2n) is 4.28. The summed E-state index contributed by atoms with van der Waals surface area (Å²) in [5.41, 5.74) is 0.381. The number of nitrogens with one attached hydrogen (secondary N) is 2. The molecule has 1 aromatic rings. The third-order valence-corrected chi connectivity index (χ3v) is 3.00. The van der Waals surface area contributed by atoms with Gasteiger partial charge in [-0.3, -0.25) is 0 Å². The number of hydrogen-bond donors (Lipinski definition) is 3. The molecule has 8 heteroatoms. The van der Waals surface area contributed by atoms with E-state index < -0.39 is 18.0 Å². The number of benzene rings is 1. The second kappa shape index (κ2) is 8.71. The summed E-state index contributed by atoms with van der Waals surface area (Å²) in [6, 6.07) is 2.91. The lowest BCUT2D eigenvalue weighted by Crippen LogP contribution is -2.43. The standard InChI is InChI=1S/C13H16Cl2N2O4/c1-21-4-2-3-11(12(18)19)17-13(20)16-10-6-8(14)5-9(15)7-10/h5-7,11H,2-4H2,1H3,(H,18,19)(H2,16,17,20). The average molecular weight is 335 g/mol. The van der Waals surface area contributed by atoms with Gasteiger partial charge in [-0.05, 0) is 31.0 Å². The predicted octanol–water partition coefficient (Wildman–Crippen LogP) is 2.99. The zero-order chi connectivity index (χ0) is 15.8. The Hall–Kier alpha value is -1.50. The first-order valence-electron chi connectivity index (χ1n) is 6.17. The summed E-state index contributed by atoms with van der Waals surface area (Å²) in [7, 11) is 1.53. The van der Waals surface area contributed by atoms with Crippen molar-refractivity contribution in [3.8, 4) is 0 Å². The summed E-state index contributed by atoms with van der Waals surface area (Å²) in [5.74, 6) is -1.11. The molecule has 0 aliphatic heterocycles. The van der Waals surface area contributed by atoms with E-state index in [1.54, 1.807) is 0 Å². The van der Waals surface area contributed by atoms with Crippen LogP contribution in [0.15, 0.2) is 18.2 Å². The molecule has 0 radical (unpaired) electrons. The Morgan fingerprint density at radius 2 is 1.90 bits per heavy atom. The molecule has 1 unspecified atom stereocenters. The molecule has 0 saturated heterocycles. The molecular formula is C13H16Cl2N2O4. The van der Waals surface area contributed by atoms with E-state index in [1.807, 2.05) is 0 Å². The molecule has 0 fully saturated rings. The predicted molar refractivity (Wildman–Crippen MR) is 81.2 cm³/mol. The molecule has 1 rings (SSSR count). The Kier molecular flexibility index (Phi) is 7.28. The van der Waals surface area contributed by atoms with Crippen LogP contribution in [0.3, 0.4) is 0 Å². The summed E-state index contributed by atoms with van der Waals surface area (Å²) < 4.78 is 4.85. The van der Waals surface area contributed by atoms with E-state index in [-0.39, 0.29) is 6.42 Å². The van der Waals surface area contributed by atoms with Crippen molar-refractivity contribution >= 4 is 40.9 Å². The van der Waals surface area contributed by atoms with Crippen LogP contribution in [0.5, 0.6) is 0 Å². The first kappa shape index (κ1) is 17.6. The number of carbonyl (C=O) groups is 2. The van der Waals surface area contributed by atoms with Gasteiger partial charge in [0.05, 0.1) is 0 Å². The van der Waals surface area contributed by atoms with Crippen molar-refractivity contribution in [1.29, 1.82) is 0 Å². The van der Waals surface area contributed by atoms with Crippen LogP contribution >= 0.6 is 23.2 Å². The van der Waals surface area contributed by atoms with Crippen molar-refractivity contribution in [3.63, 3.8) is 0 Å². The Balaban J connectivity index is 2.58. The molecule has 0 bridgehead atoms. The van der Waals surface area contributed by atoms with Gasteiger partial charge < -0.3 is 20.5 Å². The Labute approximate surface area is 132 Å². The zero-order valence-electron chi connectivity index (χ0n) is 11.4. The Bertz CT molecular complexity index is 491. The lowest BCUT2D eigenvalue weighted by atomic mass is 10.1. The monoisotopic (exact) mass is 334 g/mol. The van der Waals surface area contributed by atoms with Gasteiger partial charge in [0, 0.05) is 29.4 Å². The highest BCUT2D eigenvalue weighted by Gasteiger charge is 2.19. The van der Waals surface area contributed by atoms with Crippen LogP contribution in [0.4, 0.5) is 10.5 Å². The van der Waals surface area contributed by atoms with E-state index in [4.69, 9.17) is 33.0 Å². The van der Waals surface area contributed by atoms with Crippen LogP contribution in [0.1, 0.15) is 12.8 Å². The molecule has 2 amide bonds. The third kappa shape index (κ3) is 6.66. The molecule has 0 spiro atoms. The van der Waals surface area contributed by atoms with Crippen LogP contribution in [-0.2, 0) is 9.53 Å². The van der Waals surface area contributed by atoms with Gasteiger partial charge in [0.25, 0.3) is 0 Å². The van der Waals surface area contributed by atoms with Gasteiger partial charge in [-0.2, -0.15) is 0 Å². The van der Waals surface area contributed by atoms with Gasteiger partial charge >= 0.3 is 12.0 Å². The molecule has 0 heterocycles. The van der Waals surface area contributed by atoms with E-state index in [2.05, 4.69) is 10.6 Å². The highest BCUT2D eigenvalue weighted by Crippen LogP contribution is 2.22. The molecule has 0 aliphatic carbocycles. The highest BCUT2D eigenvalue weighted by atomic mass is 35.5. The molecule has 3 N–H and O–H groups in total. The quantitative estimate of drug-likeness (QED) is 0.669. The van der Waals surface area contributed by atoms with Crippen molar-refractivity contribution in [2.75, 3.05) is 19.0 Å². The molecular weight excluding hydrogens is 319 g/mol. The molecule has 21 heavy (non-hydrogen) atoms. The SMILES string of the molecule is COCCCC(NC(=O)Nc1cc(Cl)cc(Cl)c1)C(=O)O. The number of ether oxygens (including phenoxy) is 1. The summed E-state index contributed by atoms with van der Waals surface area (Å²) >= 11 is 11.6. The number of hydrogen-bond acceptors (Lipinski definition) is 3. The highest BCUT2D eigenvalue weighted by molar-refractivity contribution is 6.35. The smallest absolute Gasteiger partial charge is 0.326 e. The minimum atomic E-state index is -1.11. The van der Waals surface area contributed by atoms with Gasteiger partial charge in [-0.1, -0.05) is 23.2 Å². The third-order valence-electron chi connectivity index (χ3n) is 2.57. The van der Waals surface area contributed by atoms with Crippen molar-refractivity contribution in [2.45, 2.75) is 18.9 Å². The van der Waals surface area contributed by atoms with Gasteiger partial charge in [0.2, 0.25) is 0 Å². The molecule has 0 aromatic heterocycles. The number of halogens is 2. The fourth-order valence-corrected chi connectivity index (χ4v) is 2.17. The van der Waals surface area contributed by atoms with Gasteiger partial charge in [0.15, 0.2) is 0 Å². The number of amides is 2. The largest absolute Gasteiger partial charge is 0.480 e. The summed E-state index contributed by atoms with van der Waals surface area (Å²) in [6.07, 6.45) is 0.795. The Morgan fingerprint density at radius 1 is 1.29 bits per heavy atom. The minimum Gasteiger partial charge on any atom is -0.480 e. The maximum atomic E-state index is 11.8. The first-order valence-corrected chi connectivity index (χ1v) is 6.93. The normalized spacial score (nSPS) is 11.8. The van der Waals surface area contributed by atoms with Gasteiger partial charge in [0.1, 0.15) is 6.04 Å². The number of urea groups is 1. The summed E-state index contributed by atoms with van der Waals surface area (Å²) in [5, 5.41) is 14.6. The van der Waals surface area contributed by atoms with Crippen LogP contribution in [0, 0.1) is 0 Å². The lowest BCUT2D eigenvalue weighted by molar-refractivity contribution is -0.139. The van der Waals surface area contributed by atoms with E-state index in [0.29, 0.717) is 28.8 Å². The van der Waals surface area contributed by atoms with E-state index in [9.17, 15) is 9.59 Å². The molecule has 1 atom stereocenters. The van der Waals surface area contributed by atoms with E-state index in [1.165, 1.54) is 25.3 Å². The maximum absolute atomic E-state index is 11.8. The van der Waals surface area contributed by atoms with Crippen LogP contribution in [0.25, 0.3) is 0 Å². The molecule has 116 valence electrons.